The number of amidine groups is 1. The molecule has 2 aliphatic rings. The van der Waals surface area contributed by atoms with E-state index >= 15 is 4.79 Å². The number of carbonyl (C=O) groups is 1. The van der Waals surface area contributed by atoms with Gasteiger partial charge in [-0.15, -0.1) is 0 Å². The third-order valence-corrected chi connectivity index (χ3v) is 10.0. The van der Waals surface area contributed by atoms with Crippen LogP contribution in [0, 0.1) is 0 Å². The summed E-state index contributed by atoms with van der Waals surface area (Å²) < 4.78 is 6.13. The number of benzene rings is 2. The monoisotopic (exact) mass is 696 g/mol. The first-order chi connectivity index (χ1) is 22.6. The van der Waals surface area contributed by atoms with Crippen molar-refractivity contribution in [3.63, 3.8) is 0 Å². The summed E-state index contributed by atoms with van der Waals surface area (Å²) in [6.07, 6.45) is 2.52. The van der Waals surface area contributed by atoms with Gasteiger partial charge in [-0.25, -0.2) is 14.7 Å². The standard InChI is InChI=1S/C36H46Cl2N6O4/c1-8-18-36(46,47)43-21-19-42(20-22-43)32(45)44-29(28-23-39-31(33(3,4)5)40-30(28)48-9-2)41-34(6,24-10-14-26(37)15-11-24)35(44,7)25-12-16-27(38)17-13-25/h10-17,23,46-47H,8-9,18-22H2,1-7H3/t34-,35-/m1/s1. The van der Waals surface area contributed by atoms with Crippen LogP contribution in [0.3, 0.4) is 0 Å². The second kappa shape index (κ2) is 13.6. The van der Waals surface area contributed by atoms with Gasteiger partial charge in [0.1, 0.15) is 22.7 Å². The smallest absolute Gasteiger partial charge is 0.326 e. The molecule has 0 unspecified atom stereocenters. The molecule has 0 aliphatic carbocycles. The molecule has 0 bridgehead atoms. The first-order valence-electron chi connectivity index (χ1n) is 16.5. The third kappa shape index (κ3) is 6.53. The van der Waals surface area contributed by atoms with Crippen molar-refractivity contribution in [3.8, 4) is 5.88 Å². The number of aliphatic imine (C=N–C) groups is 1. The number of nitrogens with zero attached hydrogens (tertiary/aromatic N) is 6. The summed E-state index contributed by atoms with van der Waals surface area (Å²) in [5.74, 6) is -0.631. The van der Waals surface area contributed by atoms with Crippen LogP contribution < -0.4 is 4.74 Å². The fraction of sp³-hybridized carbons (Fsp3) is 0.500. The quantitative estimate of drug-likeness (QED) is 0.257. The number of aliphatic hydroxyl groups is 2. The van der Waals surface area contributed by atoms with Gasteiger partial charge in [-0.3, -0.25) is 9.89 Å². The molecule has 2 aliphatic heterocycles. The summed E-state index contributed by atoms with van der Waals surface area (Å²) >= 11 is 12.7. The van der Waals surface area contributed by atoms with E-state index in [1.165, 1.54) is 0 Å². The van der Waals surface area contributed by atoms with Crippen LogP contribution in [-0.4, -0.2) is 85.4 Å². The van der Waals surface area contributed by atoms with E-state index < -0.39 is 17.0 Å². The van der Waals surface area contributed by atoms with E-state index in [1.807, 2.05) is 97.0 Å². The van der Waals surface area contributed by atoms with E-state index in [0.29, 0.717) is 59.3 Å². The number of piperazine rings is 1. The van der Waals surface area contributed by atoms with Gasteiger partial charge in [0.05, 0.1) is 12.2 Å². The van der Waals surface area contributed by atoms with E-state index in [1.54, 1.807) is 20.9 Å². The van der Waals surface area contributed by atoms with Crippen LogP contribution in [0.4, 0.5) is 4.79 Å². The first-order valence-corrected chi connectivity index (χ1v) is 17.2. The predicted molar refractivity (Wildman–Crippen MR) is 189 cm³/mol. The number of rotatable bonds is 8. The van der Waals surface area contributed by atoms with Crippen molar-refractivity contribution < 1.29 is 19.7 Å². The Hall–Kier alpha value is -3.28. The van der Waals surface area contributed by atoms with Gasteiger partial charge in [0.15, 0.2) is 0 Å². The molecule has 48 heavy (non-hydrogen) atoms. The number of halogens is 2. The largest absolute Gasteiger partial charge is 0.477 e. The highest BCUT2D eigenvalue weighted by Crippen LogP contribution is 2.54. The lowest BCUT2D eigenvalue weighted by molar-refractivity contribution is -0.272. The topological polar surface area (TPSA) is 115 Å². The Morgan fingerprint density at radius 2 is 1.48 bits per heavy atom. The average Bonchev–Trinajstić information content (AvgIpc) is 3.29. The molecule has 12 heteroatoms. The molecule has 3 heterocycles. The molecule has 3 aromatic rings. The van der Waals surface area contributed by atoms with Gasteiger partial charge in [0, 0.05) is 54.3 Å². The molecule has 0 spiro atoms. The van der Waals surface area contributed by atoms with Crippen molar-refractivity contribution in [1.82, 2.24) is 24.7 Å². The van der Waals surface area contributed by atoms with Gasteiger partial charge < -0.3 is 19.8 Å². The molecule has 10 nitrogen and oxygen atoms in total. The van der Waals surface area contributed by atoms with Crippen LogP contribution in [0.15, 0.2) is 59.7 Å². The Bertz CT molecular complexity index is 1650. The maximum absolute atomic E-state index is 15.1. The number of ether oxygens (including phenoxy) is 1. The van der Waals surface area contributed by atoms with Gasteiger partial charge in [-0.1, -0.05) is 75.2 Å². The van der Waals surface area contributed by atoms with Gasteiger partial charge >= 0.3 is 6.03 Å². The molecule has 5 rings (SSSR count). The van der Waals surface area contributed by atoms with Gasteiger partial charge in [0.2, 0.25) is 11.8 Å². The maximum atomic E-state index is 15.1. The maximum Gasteiger partial charge on any atom is 0.326 e. The molecule has 0 saturated carbocycles. The molecule has 2 aromatic carbocycles. The summed E-state index contributed by atoms with van der Waals surface area (Å²) in [5.41, 5.74) is -0.329. The lowest BCUT2D eigenvalue weighted by Gasteiger charge is -2.48. The molecular weight excluding hydrogens is 651 g/mol. The summed E-state index contributed by atoms with van der Waals surface area (Å²) in [5, 5.41) is 22.5. The van der Waals surface area contributed by atoms with Crippen LogP contribution in [-0.2, 0) is 16.5 Å². The van der Waals surface area contributed by atoms with Crippen molar-refractivity contribution >= 4 is 35.1 Å². The minimum absolute atomic E-state index is 0.211. The van der Waals surface area contributed by atoms with E-state index in [-0.39, 0.29) is 31.0 Å². The molecule has 2 N–H and O–H groups in total. The highest BCUT2D eigenvalue weighted by molar-refractivity contribution is 6.30. The fourth-order valence-electron chi connectivity index (χ4n) is 6.59. The first kappa shape index (κ1) is 36.0. The fourth-order valence-corrected chi connectivity index (χ4v) is 6.84. The van der Waals surface area contributed by atoms with E-state index in [4.69, 9.17) is 42.9 Å². The lowest BCUT2D eigenvalue weighted by Crippen LogP contribution is -2.63. The van der Waals surface area contributed by atoms with Crippen LogP contribution in [0.25, 0.3) is 0 Å². The van der Waals surface area contributed by atoms with E-state index in [0.717, 1.165) is 11.1 Å². The van der Waals surface area contributed by atoms with Crippen molar-refractivity contribution in [2.24, 2.45) is 4.99 Å². The Kier molecular flexibility index (Phi) is 10.2. The molecule has 1 aromatic heterocycles. The zero-order valence-electron chi connectivity index (χ0n) is 28.8. The summed E-state index contributed by atoms with van der Waals surface area (Å²) in [6.45, 7) is 15.4. The Labute approximate surface area is 293 Å². The van der Waals surface area contributed by atoms with Crippen LogP contribution in [0.1, 0.15) is 83.8 Å². The minimum Gasteiger partial charge on any atom is -0.477 e. The van der Waals surface area contributed by atoms with Crippen molar-refractivity contribution in [2.75, 3.05) is 32.8 Å². The molecule has 258 valence electrons. The second-order valence-electron chi connectivity index (χ2n) is 13.8. The van der Waals surface area contributed by atoms with Gasteiger partial charge in [-0.05, 0) is 62.6 Å². The lowest BCUT2D eigenvalue weighted by atomic mass is 9.71. The number of aromatic nitrogens is 2. The van der Waals surface area contributed by atoms with Gasteiger partial charge in [0.25, 0.3) is 0 Å². The van der Waals surface area contributed by atoms with Crippen molar-refractivity contribution in [2.45, 2.75) is 83.7 Å². The summed E-state index contributed by atoms with van der Waals surface area (Å²) in [6, 6.07) is 14.7. The molecule has 1 saturated heterocycles. The number of urea groups is 1. The van der Waals surface area contributed by atoms with Gasteiger partial charge in [-0.2, -0.15) is 4.98 Å². The number of hydrogen-bond acceptors (Lipinski definition) is 8. The average molecular weight is 698 g/mol. The molecule has 1 fully saturated rings. The normalized spacial score (nSPS) is 22.2. The van der Waals surface area contributed by atoms with E-state index in [9.17, 15) is 10.2 Å². The number of amides is 2. The number of carbonyl (C=O) groups excluding carboxylic acids is 1. The summed E-state index contributed by atoms with van der Waals surface area (Å²) in [4.78, 5) is 35.2. The van der Waals surface area contributed by atoms with Crippen LogP contribution in [0.2, 0.25) is 10.0 Å². The van der Waals surface area contributed by atoms with Crippen molar-refractivity contribution in [1.29, 1.82) is 0 Å². The molecule has 2 atom stereocenters. The molecule has 0 radical (unpaired) electrons. The summed E-state index contributed by atoms with van der Waals surface area (Å²) in [7, 11) is 0. The molecular formula is C36H46Cl2N6O4. The Morgan fingerprint density at radius 3 is 2.00 bits per heavy atom. The highest BCUT2D eigenvalue weighted by atomic mass is 35.5. The Balaban J connectivity index is 1.71. The predicted octanol–water partition coefficient (Wildman–Crippen LogP) is 6.55. The Morgan fingerprint density at radius 1 is 0.917 bits per heavy atom. The second-order valence-corrected chi connectivity index (χ2v) is 14.7. The highest BCUT2D eigenvalue weighted by Gasteiger charge is 2.60. The van der Waals surface area contributed by atoms with E-state index in [2.05, 4.69) is 0 Å². The number of hydrogen-bond donors (Lipinski definition) is 2. The van der Waals surface area contributed by atoms with Crippen LogP contribution in [0.5, 0.6) is 5.88 Å². The zero-order valence-corrected chi connectivity index (χ0v) is 30.3. The third-order valence-electron chi connectivity index (χ3n) is 9.53. The van der Waals surface area contributed by atoms with Crippen LogP contribution >= 0.6 is 23.2 Å². The minimum atomic E-state index is -1.94. The van der Waals surface area contributed by atoms with Crippen molar-refractivity contribution in [3.05, 3.63) is 87.3 Å². The zero-order chi connectivity index (χ0) is 35.1. The molecule has 2 amide bonds. The SMILES string of the molecule is CCCC(O)(O)N1CCN(C(=O)N2C(c3cnc(C(C)(C)C)nc3OCC)=N[C@](C)(c3ccc(Cl)cc3)[C@@]2(C)c2ccc(Cl)cc2)CC1.